The summed E-state index contributed by atoms with van der Waals surface area (Å²) in [4.78, 5) is 5.98. The fourth-order valence-corrected chi connectivity index (χ4v) is 2.14. The molecule has 1 saturated heterocycles. The summed E-state index contributed by atoms with van der Waals surface area (Å²) in [6, 6.07) is 3.51. The summed E-state index contributed by atoms with van der Waals surface area (Å²) in [6.45, 7) is 1.69. The van der Waals surface area contributed by atoms with Gasteiger partial charge in [-0.3, -0.25) is 0 Å². The quantitative estimate of drug-likeness (QED) is 0.783. The van der Waals surface area contributed by atoms with Gasteiger partial charge in [0.05, 0.1) is 10.6 Å². The van der Waals surface area contributed by atoms with E-state index in [0.29, 0.717) is 10.3 Å². The van der Waals surface area contributed by atoms with E-state index in [2.05, 4.69) is 25.8 Å². The molecule has 3 nitrogen and oxygen atoms in total. The average Bonchev–Trinajstić information content (AvgIpc) is 2.33. The van der Waals surface area contributed by atoms with Crippen molar-refractivity contribution in [1.82, 2.24) is 4.98 Å². The van der Waals surface area contributed by atoms with Gasteiger partial charge >= 0.3 is 0 Å². The second-order valence-electron chi connectivity index (χ2n) is 3.89. The van der Waals surface area contributed by atoms with Gasteiger partial charge in [-0.1, -0.05) is 0 Å². The number of halogens is 2. The Morgan fingerprint density at radius 1 is 1.56 bits per heavy atom. The van der Waals surface area contributed by atoms with Crippen LogP contribution in [0.1, 0.15) is 12.8 Å². The molecule has 1 fully saturated rings. The minimum atomic E-state index is -0.461. The second kappa shape index (κ2) is 5.10. The van der Waals surface area contributed by atoms with Gasteiger partial charge in [0.1, 0.15) is 5.82 Å². The summed E-state index contributed by atoms with van der Waals surface area (Å²) in [6.07, 6.45) is 2.34. The predicted molar refractivity (Wildman–Crippen MR) is 64.1 cm³/mol. The molecule has 0 N–H and O–H groups in total. The smallest absolute Gasteiger partial charge is 0.229 e. The van der Waals surface area contributed by atoms with Gasteiger partial charge in [0.2, 0.25) is 5.95 Å². The number of rotatable bonds is 2. The fraction of sp³-hybridized carbons (Fsp3) is 0.545. The third kappa shape index (κ3) is 2.52. The van der Waals surface area contributed by atoms with Crippen LogP contribution in [0.2, 0.25) is 0 Å². The Balaban J connectivity index is 2.13. The molecule has 16 heavy (non-hydrogen) atoms. The molecule has 0 spiro atoms. The molecular formula is C11H14BrFN2O. The first-order valence-corrected chi connectivity index (χ1v) is 6.10. The van der Waals surface area contributed by atoms with Crippen LogP contribution < -0.4 is 4.90 Å². The summed E-state index contributed by atoms with van der Waals surface area (Å²) in [5, 5.41) is 0. The molecule has 2 heterocycles. The van der Waals surface area contributed by atoms with Crippen LogP contribution in [-0.4, -0.2) is 31.3 Å². The minimum absolute atomic E-state index is 0.224. The Morgan fingerprint density at radius 3 is 3.06 bits per heavy atom. The van der Waals surface area contributed by atoms with Crippen molar-refractivity contribution >= 4 is 21.7 Å². The Morgan fingerprint density at radius 2 is 2.38 bits per heavy atom. The first-order chi connectivity index (χ1) is 7.70. The molecule has 0 amide bonds. The zero-order chi connectivity index (χ0) is 11.5. The summed E-state index contributed by atoms with van der Waals surface area (Å²) in [5.74, 6) is 0.222. The summed E-state index contributed by atoms with van der Waals surface area (Å²) < 4.78 is 19.0. The molecule has 0 saturated carbocycles. The monoisotopic (exact) mass is 288 g/mol. The van der Waals surface area contributed by atoms with E-state index in [1.54, 1.807) is 13.2 Å². The Bertz CT molecular complexity index is 375. The number of pyridine rings is 1. The predicted octanol–water partition coefficient (Wildman–Crippen LogP) is 2.60. The lowest BCUT2D eigenvalue weighted by molar-refractivity contribution is 0.0891. The minimum Gasteiger partial charge on any atom is -0.380 e. The second-order valence-corrected chi connectivity index (χ2v) is 4.74. The number of hydrogen-bond donors (Lipinski definition) is 0. The fourth-order valence-electron chi connectivity index (χ4n) is 1.92. The molecule has 5 heteroatoms. The largest absolute Gasteiger partial charge is 0.380 e. The number of piperidine rings is 1. The van der Waals surface area contributed by atoms with Gasteiger partial charge in [-0.2, -0.15) is 4.39 Å². The maximum atomic E-state index is 13.3. The van der Waals surface area contributed by atoms with Crippen molar-refractivity contribution in [2.24, 2.45) is 0 Å². The summed E-state index contributed by atoms with van der Waals surface area (Å²) >= 11 is 3.10. The molecule has 1 unspecified atom stereocenters. The van der Waals surface area contributed by atoms with E-state index in [4.69, 9.17) is 4.74 Å². The van der Waals surface area contributed by atoms with E-state index in [0.717, 1.165) is 25.9 Å². The highest BCUT2D eigenvalue weighted by Gasteiger charge is 2.20. The number of anilines is 1. The highest BCUT2D eigenvalue weighted by molar-refractivity contribution is 9.10. The highest BCUT2D eigenvalue weighted by atomic mass is 79.9. The first-order valence-electron chi connectivity index (χ1n) is 5.30. The molecule has 2 rings (SSSR count). The van der Waals surface area contributed by atoms with E-state index in [9.17, 15) is 4.39 Å². The lowest BCUT2D eigenvalue weighted by atomic mass is 10.1. The van der Waals surface area contributed by atoms with Crippen LogP contribution in [0.25, 0.3) is 0 Å². The molecule has 1 aromatic rings. The highest BCUT2D eigenvalue weighted by Crippen LogP contribution is 2.22. The number of nitrogens with zero attached hydrogens (tertiary/aromatic N) is 2. The number of aromatic nitrogens is 1. The van der Waals surface area contributed by atoms with Crippen LogP contribution in [0.4, 0.5) is 10.2 Å². The van der Waals surface area contributed by atoms with Crippen LogP contribution >= 0.6 is 15.9 Å². The zero-order valence-corrected chi connectivity index (χ0v) is 10.7. The van der Waals surface area contributed by atoms with Crippen molar-refractivity contribution in [3.8, 4) is 0 Å². The molecular weight excluding hydrogens is 275 g/mol. The van der Waals surface area contributed by atoms with Gasteiger partial charge in [0.25, 0.3) is 0 Å². The number of ether oxygens (including phenoxy) is 1. The molecule has 1 aliphatic rings. The Hall–Kier alpha value is -0.680. The van der Waals surface area contributed by atoms with Crippen LogP contribution in [0.3, 0.4) is 0 Å². The van der Waals surface area contributed by atoms with Gasteiger partial charge < -0.3 is 9.64 Å². The van der Waals surface area contributed by atoms with Gasteiger partial charge in [-0.25, -0.2) is 4.98 Å². The zero-order valence-electron chi connectivity index (χ0n) is 9.12. The molecule has 1 atom stereocenters. The normalized spacial score (nSPS) is 21.2. The van der Waals surface area contributed by atoms with Crippen molar-refractivity contribution in [1.29, 1.82) is 0 Å². The lowest BCUT2D eigenvalue weighted by Crippen LogP contribution is -2.39. The van der Waals surface area contributed by atoms with Crippen molar-refractivity contribution in [3.05, 3.63) is 22.6 Å². The molecule has 0 bridgehead atoms. The average molecular weight is 289 g/mol. The van der Waals surface area contributed by atoms with E-state index >= 15 is 0 Å². The molecule has 0 aromatic carbocycles. The van der Waals surface area contributed by atoms with Crippen LogP contribution in [-0.2, 0) is 4.74 Å². The van der Waals surface area contributed by atoms with Crippen LogP contribution in [0, 0.1) is 5.95 Å². The van der Waals surface area contributed by atoms with E-state index in [-0.39, 0.29) is 6.10 Å². The van der Waals surface area contributed by atoms with Crippen molar-refractivity contribution in [2.45, 2.75) is 18.9 Å². The van der Waals surface area contributed by atoms with Gasteiger partial charge in [0.15, 0.2) is 0 Å². The van der Waals surface area contributed by atoms with E-state index in [1.807, 2.05) is 6.07 Å². The molecule has 88 valence electrons. The first kappa shape index (κ1) is 11.8. The third-order valence-corrected chi connectivity index (χ3v) is 3.42. The summed E-state index contributed by atoms with van der Waals surface area (Å²) in [7, 11) is 1.71. The van der Waals surface area contributed by atoms with Gasteiger partial charge in [0, 0.05) is 20.2 Å². The number of hydrogen-bond acceptors (Lipinski definition) is 3. The molecule has 1 aromatic heterocycles. The lowest BCUT2D eigenvalue weighted by Gasteiger charge is -2.32. The Kier molecular flexibility index (Phi) is 3.76. The van der Waals surface area contributed by atoms with Crippen LogP contribution in [0.5, 0.6) is 0 Å². The standard InChI is InChI=1S/C11H14BrFN2O/c1-16-8-3-2-6-15(7-8)10-5-4-9(12)11(13)14-10/h4-5,8H,2-3,6-7H2,1H3. The Labute approximate surface area is 103 Å². The maximum Gasteiger partial charge on any atom is 0.229 e. The SMILES string of the molecule is COC1CCCN(c2ccc(Br)c(F)n2)C1. The van der Waals surface area contributed by atoms with Crippen molar-refractivity contribution < 1.29 is 9.13 Å². The van der Waals surface area contributed by atoms with Crippen LogP contribution in [0.15, 0.2) is 16.6 Å². The number of methoxy groups -OCH3 is 1. The van der Waals surface area contributed by atoms with Crippen molar-refractivity contribution in [2.75, 3.05) is 25.1 Å². The van der Waals surface area contributed by atoms with Crippen molar-refractivity contribution in [3.63, 3.8) is 0 Å². The van der Waals surface area contributed by atoms with Gasteiger partial charge in [-0.15, -0.1) is 0 Å². The third-order valence-electron chi connectivity index (χ3n) is 2.82. The molecule has 0 aliphatic carbocycles. The maximum absolute atomic E-state index is 13.3. The van der Waals surface area contributed by atoms with E-state index < -0.39 is 5.95 Å². The molecule has 0 radical (unpaired) electrons. The van der Waals surface area contributed by atoms with Gasteiger partial charge in [-0.05, 0) is 40.9 Å². The summed E-state index contributed by atoms with van der Waals surface area (Å²) in [5.41, 5.74) is 0. The van der Waals surface area contributed by atoms with E-state index in [1.165, 1.54) is 0 Å². The topological polar surface area (TPSA) is 25.4 Å². The molecule has 1 aliphatic heterocycles.